The minimum absolute atomic E-state index is 0.00612. The van der Waals surface area contributed by atoms with Gasteiger partial charge in [-0.1, -0.05) is 42.4 Å². The van der Waals surface area contributed by atoms with Crippen LogP contribution in [-0.2, 0) is 7.05 Å². The molecule has 0 saturated carbocycles. The van der Waals surface area contributed by atoms with E-state index in [2.05, 4.69) is 14.7 Å². The van der Waals surface area contributed by atoms with E-state index in [1.165, 1.54) is 28.8 Å². The Hall–Kier alpha value is -3.84. The lowest BCUT2D eigenvalue weighted by molar-refractivity contribution is 0.0858. The number of hydrogen-bond donors (Lipinski definition) is 1. The van der Waals surface area contributed by atoms with Crippen LogP contribution in [0.3, 0.4) is 0 Å². The molecule has 38 heavy (non-hydrogen) atoms. The van der Waals surface area contributed by atoms with Gasteiger partial charge >= 0.3 is 0 Å². The molecule has 1 aliphatic rings. The zero-order valence-electron chi connectivity index (χ0n) is 20.5. The standard InChI is InChI=1S/C28H24ClF2N5O2/c1-32-23-12-11-22-25(33-23)27(24(29)28(38)34(22)2)35-13-14-36(21(15-35)16-37)26(17-3-7-19(30)8-4-17)18-5-9-20(31)10-6-18/h3-12,21,26,37H,13-16H2,2H3. The third-order valence-corrected chi connectivity index (χ3v) is 7.36. The zero-order valence-corrected chi connectivity index (χ0v) is 21.2. The predicted octanol–water partition coefficient (Wildman–Crippen LogP) is 4.69. The van der Waals surface area contributed by atoms with Crippen molar-refractivity contribution in [1.82, 2.24) is 14.5 Å². The number of pyridine rings is 2. The molecule has 1 aliphatic heterocycles. The van der Waals surface area contributed by atoms with Crippen molar-refractivity contribution in [2.24, 2.45) is 7.05 Å². The molecule has 0 aliphatic carbocycles. The summed E-state index contributed by atoms with van der Waals surface area (Å²) in [5.74, 6) is -0.555. The van der Waals surface area contributed by atoms with Crippen LogP contribution in [0.1, 0.15) is 17.2 Å². The van der Waals surface area contributed by atoms with E-state index in [0.717, 1.165) is 11.1 Å². The van der Waals surface area contributed by atoms with Gasteiger partial charge in [0, 0.05) is 26.7 Å². The first-order valence-corrected chi connectivity index (χ1v) is 12.4. The topological polar surface area (TPSA) is 66.0 Å². The molecule has 4 aromatic rings. The highest BCUT2D eigenvalue weighted by atomic mass is 35.5. The normalized spacial score (nSPS) is 16.2. The fraction of sp³-hybridized carbons (Fsp3) is 0.250. The van der Waals surface area contributed by atoms with Gasteiger partial charge in [0.25, 0.3) is 11.4 Å². The Labute approximate surface area is 223 Å². The van der Waals surface area contributed by atoms with Crippen LogP contribution in [0.25, 0.3) is 15.9 Å². The molecular formula is C28H24ClF2N5O2. The fourth-order valence-corrected chi connectivity index (χ4v) is 5.48. The van der Waals surface area contributed by atoms with Crippen molar-refractivity contribution in [2.45, 2.75) is 12.1 Å². The minimum Gasteiger partial charge on any atom is -0.395 e. The molecule has 10 heteroatoms. The van der Waals surface area contributed by atoms with E-state index in [4.69, 9.17) is 18.2 Å². The summed E-state index contributed by atoms with van der Waals surface area (Å²) in [6.45, 7) is 8.34. The van der Waals surface area contributed by atoms with Crippen molar-refractivity contribution < 1.29 is 13.9 Å². The van der Waals surface area contributed by atoms with Crippen molar-refractivity contribution in [1.29, 1.82) is 0 Å². The first-order valence-electron chi connectivity index (χ1n) is 12.0. The highest BCUT2D eigenvalue weighted by Crippen LogP contribution is 2.37. The number of fused-ring (bicyclic) bond motifs is 1. The lowest BCUT2D eigenvalue weighted by Crippen LogP contribution is -2.56. The number of halogens is 3. The molecule has 1 fully saturated rings. The van der Waals surface area contributed by atoms with E-state index in [9.17, 15) is 18.7 Å². The summed E-state index contributed by atoms with van der Waals surface area (Å²) in [4.78, 5) is 24.8. The van der Waals surface area contributed by atoms with E-state index in [1.54, 1.807) is 43.4 Å². The molecule has 1 N–H and O–H groups in total. The average molecular weight is 536 g/mol. The summed E-state index contributed by atoms with van der Waals surface area (Å²) < 4.78 is 28.9. The Morgan fingerprint density at radius 2 is 1.66 bits per heavy atom. The summed E-state index contributed by atoms with van der Waals surface area (Å²) in [6.07, 6.45) is 0. The average Bonchev–Trinajstić information content (AvgIpc) is 2.94. The van der Waals surface area contributed by atoms with E-state index in [0.29, 0.717) is 36.4 Å². The van der Waals surface area contributed by atoms with Gasteiger partial charge in [0.2, 0.25) is 5.52 Å². The maximum Gasteiger partial charge on any atom is 0.271 e. The van der Waals surface area contributed by atoms with Crippen LogP contribution in [0.5, 0.6) is 0 Å². The Kier molecular flexibility index (Phi) is 7.13. The van der Waals surface area contributed by atoms with Crippen LogP contribution in [-0.4, -0.2) is 51.8 Å². The Morgan fingerprint density at radius 1 is 1.05 bits per heavy atom. The molecule has 0 spiro atoms. The zero-order chi connectivity index (χ0) is 27.0. The first kappa shape index (κ1) is 25.8. The van der Waals surface area contributed by atoms with Gasteiger partial charge in [-0.15, -0.1) is 4.98 Å². The van der Waals surface area contributed by atoms with Crippen molar-refractivity contribution in [2.75, 3.05) is 31.1 Å². The molecule has 7 nitrogen and oxygen atoms in total. The van der Waals surface area contributed by atoms with Crippen molar-refractivity contribution in [3.63, 3.8) is 0 Å². The summed E-state index contributed by atoms with van der Waals surface area (Å²) in [6, 6.07) is 14.7. The van der Waals surface area contributed by atoms with Crippen LogP contribution >= 0.6 is 11.6 Å². The lowest BCUT2D eigenvalue weighted by Gasteiger charge is -2.45. The molecule has 0 radical (unpaired) electrons. The van der Waals surface area contributed by atoms with Gasteiger partial charge in [-0.25, -0.2) is 8.78 Å². The number of benzene rings is 2. The number of aromatic nitrogens is 2. The molecule has 0 amide bonds. The molecule has 3 heterocycles. The van der Waals surface area contributed by atoms with E-state index in [1.807, 2.05) is 4.90 Å². The number of aryl methyl sites for hydroxylation is 1. The molecule has 1 saturated heterocycles. The highest BCUT2D eigenvalue weighted by Gasteiger charge is 2.36. The van der Waals surface area contributed by atoms with E-state index < -0.39 is 6.04 Å². The maximum atomic E-state index is 13.7. The second kappa shape index (κ2) is 10.5. The molecule has 0 bridgehead atoms. The largest absolute Gasteiger partial charge is 0.395 e. The van der Waals surface area contributed by atoms with Crippen molar-refractivity contribution >= 4 is 34.1 Å². The summed E-state index contributed by atoms with van der Waals surface area (Å²) in [5.41, 5.74) is 2.61. The second-order valence-electron chi connectivity index (χ2n) is 9.20. The fourth-order valence-electron chi connectivity index (χ4n) is 5.14. The molecular weight excluding hydrogens is 512 g/mol. The second-order valence-corrected chi connectivity index (χ2v) is 9.58. The van der Waals surface area contributed by atoms with E-state index >= 15 is 0 Å². The number of piperazine rings is 1. The monoisotopic (exact) mass is 535 g/mol. The minimum atomic E-state index is -0.414. The van der Waals surface area contributed by atoms with Gasteiger partial charge in [-0.05, 0) is 47.5 Å². The Bertz CT molecular complexity index is 1540. The number of rotatable bonds is 5. The SMILES string of the molecule is [C-]#[N+]c1ccc2c(n1)c(N1CCN(C(c3ccc(F)cc3)c3ccc(F)cc3)C(CO)C1)c(Cl)c(=O)n2C. The van der Waals surface area contributed by atoms with Crippen LogP contribution in [0.15, 0.2) is 65.5 Å². The lowest BCUT2D eigenvalue weighted by atomic mass is 9.94. The van der Waals surface area contributed by atoms with Gasteiger partial charge < -0.3 is 19.4 Å². The summed E-state index contributed by atoms with van der Waals surface area (Å²) in [7, 11) is 1.60. The Morgan fingerprint density at radius 3 is 2.21 bits per heavy atom. The summed E-state index contributed by atoms with van der Waals surface area (Å²) in [5, 5.41) is 10.5. The predicted molar refractivity (Wildman–Crippen MR) is 143 cm³/mol. The molecule has 5 rings (SSSR count). The maximum absolute atomic E-state index is 13.7. The Balaban J connectivity index is 1.57. The number of aliphatic hydroxyl groups excluding tert-OH is 1. The first-order chi connectivity index (χ1) is 18.3. The van der Waals surface area contributed by atoms with Crippen LogP contribution in [0.4, 0.5) is 20.3 Å². The van der Waals surface area contributed by atoms with Crippen molar-refractivity contribution in [3.8, 4) is 0 Å². The third kappa shape index (κ3) is 4.63. The molecule has 1 atom stereocenters. The molecule has 2 aromatic carbocycles. The highest BCUT2D eigenvalue weighted by molar-refractivity contribution is 6.34. The van der Waals surface area contributed by atoms with Gasteiger partial charge in [-0.2, -0.15) is 0 Å². The van der Waals surface area contributed by atoms with Crippen LogP contribution in [0, 0.1) is 18.2 Å². The van der Waals surface area contributed by atoms with Gasteiger partial charge in [0.05, 0.1) is 24.2 Å². The molecule has 1 unspecified atom stereocenters. The quantitative estimate of drug-likeness (QED) is 0.376. The van der Waals surface area contributed by atoms with Crippen molar-refractivity contribution in [3.05, 3.63) is 110 Å². The number of nitrogens with zero attached hydrogens (tertiary/aromatic N) is 5. The van der Waals surface area contributed by atoms with Gasteiger partial charge in [-0.3, -0.25) is 9.69 Å². The van der Waals surface area contributed by atoms with E-state index in [-0.39, 0.29) is 40.7 Å². The third-order valence-electron chi connectivity index (χ3n) is 7.02. The summed E-state index contributed by atoms with van der Waals surface area (Å²) >= 11 is 6.58. The van der Waals surface area contributed by atoms with Crippen LogP contribution < -0.4 is 10.5 Å². The molecule has 2 aromatic heterocycles. The van der Waals surface area contributed by atoms with Gasteiger partial charge in [0.1, 0.15) is 22.3 Å². The smallest absolute Gasteiger partial charge is 0.271 e. The van der Waals surface area contributed by atoms with Crippen LogP contribution in [0.2, 0.25) is 5.02 Å². The number of anilines is 1. The number of aliphatic hydroxyl groups is 1. The van der Waals surface area contributed by atoms with Gasteiger partial charge in [0.15, 0.2) is 0 Å². The molecule has 194 valence electrons. The number of hydrogen-bond acceptors (Lipinski definition) is 5.